The van der Waals surface area contributed by atoms with Crippen LogP contribution in [-0.4, -0.2) is 21.1 Å². The molecule has 0 aliphatic carbocycles. The molecule has 6 heteroatoms. The summed E-state index contributed by atoms with van der Waals surface area (Å²) < 4.78 is 28.5. The molecule has 0 bridgehead atoms. The highest BCUT2D eigenvalue weighted by Crippen LogP contribution is 2.21. The Morgan fingerprint density at radius 1 is 1.15 bits per heavy atom. The van der Waals surface area contributed by atoms with Gasteiger partial charge >= 0.3 is 0 Å². The van der Waals surface area contributed by atoms with Crippen LogP contribution in [0.1, 0.15) is 5.82 Å². The van der Waals surface area contributed by atoms with E-state index in [1.165, 1.54) is 12.1 Å². The predicted octanol–water partition coefficient (Wildman–Crippen LogP) is 2.20. The van der Waals surface area contributed by atoms with E-state index >= 15 is 0 Å². The fourth-order valence-electron chi connectivity index (χ4n) is 2.20. The highest BCUT2D eigenvalue weighted by Gasteiger charge is 2.14. The Labute approximate surface area is 113 Å². The maximum absolute atomic E-state index is 13.4. The molecule has 3 rings (SSSR count). The van der Waals surface area contributed by atoms with Crippen LogP contribution < -0.4 is 5.73 Å². The molecule has 0 aliphatic heterocycles. The summed E-state index contributed by atoms with van der Waals surface area (Å²) in [6.07, 6.45) is 2.11. The highest BCUT2D eigenvalue weighted by molar-refractivity contribution is 5.73. The van der Waals surface area contributed by atoms with Gasteiger partial charge < -0.3 is 5.73 Å². The van der Waals surface area contributed by atoms with E-state index in [-0.39, 0.29) is 0 Å². The molecule has 2 N–H and O–H groups in total. The van der Waals surface area contributed by atoms with Crippen LogP contribution in [0.3, 0.4) is 0 Å². The van der Waals surface area contributed by atoms with Crippen LogP contribution in [0.25, 0.3) is 16.9 Å². The van der Waals surface area contributed by atoms with E-state index in [0.717, 1.165) is 6.07 Å². The molecule has 3 aromatic rings. The lowest BCUT2D eigenvalue weighted by atomic mass is 10.3. The molecule has 0 amide bonds. The first-order chi connectivity index (χ1) is 9.69. The molecular formula is C14H12F2N4. The molecule has 2 aromatic heterocycles. The van der Waals surface area contributed by atoms with E-state index in [0.29, 0.717) is 35.6 Å². The molecule has 4 nitrogen and oxygen atoms in total. The molecule has 0 spiro atoms. The number of hydrogen-bond donors (Lipinski definition) is 1. The second-order valence-electron chi connectivity index (χ2n) is 4.38. The molecule has 20 heavy (non-hydrogen) atoms. The standard InChI is InChI=1S/C14H12F2N4/c15-9-6-10(16)8-11(7-9)20-13(3-4-17)19-12-2-1-5-18-14(12)20/h1-2,5-8H,3-4,17H2. The Balaban J connectivity index is 2.29. The number of nitrogens with two attached hydrogens (primary N) is 1. The second-order valence-corrected chi connectivity index (χ2v) is 4.38. The Bertz CT molecular complexity index is 747. The van der Waals surface area contributed by atoms with Crippen molar-refractivity contribution in [3.8, 4) is 5.69 Å². The van der Waals surface area contributed by atoms with E-state index in [4.69, 9.17) is 5.73 Å². The van der Waals surface area contributed by atoms with Crippen LogP contribution in [0.5, 0.6) is 0 Å². The Morgan fingerprint density at radius 3 is 2.60 bits per heavy atom. The molecular weight excluding hydrogens is 262 g/mol. The smallest absolute Gasteiger partial charge is 0.164 e. The molecule has 0 saturated heterocycles. The molecule has 0 radical (unpaired) electrons. The Kier molecular flexibility index (Phi) is 3.15. The monoisotopic (exact) mass is 274 g/mol. The summed E-state index contributed by atoms with van der Waals surface area (Å²) in [4.78, 5) is 8.65. The predicted molar refractivity (Wildman–Crippen MR) is 71.5 cm³/mol. The van der Waals surface area contributed by atoms with E-state index in [1.807, 2.05) is 0 Å². The lowest BCUT2D eigenvalue weighted by Crippen LogP contribution is -2.09. The van der Waals surface area contributed by atoms with E-state index in [2.05, 4.69) is 9.97 Å². The SMILES string of the molecule is NCCc1nc2cccnc2n1-c1cc(F)cc(F)c1. The van der Waals surface area contributed by atoms with Crippen molar-refractivity contribution in [1.82, 2.24) is 14.5 Å². The van der Waals surface area contributed by atoms with Gasteiger partial charge in [-0.2, -0.15) is 0 Å². The zero-order valence-electron chi connectivity index (χ0n) is 10.6. The molecule has 0 fully saturated rings. The Morgan fingerprint density at radius 2 is 1.90 bits per heavy atom. The fourth-order valence-corrected chi connectivity index (χ4v) is 2.20. The second kappa shape index (κ2) is 4.97. The average molecular weight is 274 g/mol. The van der Waals surface area contributed by atoms with Gasteiger partial charge in [0.1, 0.15) is 23.0 Å². The van der Waals surface area contributed by atoms with Crippen molar-refractivity contribution < 1.29 is 8.78 Å². The van der Waals surface area contributed by atoms with Gasteiger partial charge in [-0.15, -0.1) is 0 Å². The lowest BCUT2D eigenvalue weighted by Gasteiger charge is -2.08. The Hall–Kier alpha value is -2.34. The molecule has 2 heterocycles. The number of fused-ring (bicyclic) bond motifs is 1. The van der Waals surface area contributed by atoms with Gasteiger partial charge in [0.15, 0.2) is 5.65 Å². The third-order valence-corrected chi connectivity index (χ3v) is 2.96. The summed E-state index contributed by atoms with van der Waals surface area (Å²) in [5, 5.41) is 0. The number of nitrogens with zero attached hydrogens (tertiary/aromatic N) is 3. The first-order valence-electron chi connectivity index (χ1n) is 6.18. The van der Waals surface area contributed by atoms with Crippen LogP contribution in [0.15, 0.2) is 36.5 Å². The normalized spacial score (nSPS) is 11.2. The molecule has 102 valence electrons. The maximum atomic E-state index is 13.4. The zero-order chi connectivity index (χ0) is 14.1. The summed E-state index contributed by atoms with van der Waals surface area (Å²) in [6.45, 7) is 0.390. The number of aromatic nitrogens is 3. The number of imidazole rings is 1. The number of halogens is 2. The zero-order valence-corrected chi connectivity index (χ0v) is 10.6. The minimum absolute atomic E-state index is 0.354. The van der Waals surface area contributed by atoms with Crippen molar-refractivity contribution in [3.63, 3.8) is 0 Å². The van der Waals surface area contributed by atoms with Gasteiger partial charge in [0.25, 0.3) is 0 Å². The number of hydrogen-bond acceptors (Lipinski definition) is 3. The van der Waals surface area contributed by atoms with Crippen LogP contribution in [0.4, 0.5) is 8.78 Å². The summed E-state index contributed by atoms with van der Waals surface area (Å²) >= 11 is 0. The topological polar surface area (TPSA) is 56.7 Å². The summed E-state index contributed by atoms with van der Waals surface area (Å²) in [5.74, 6) is -0.654. The maximum Gasteiger partial charge on any atom is 0.164 e. The highest BCUT2D eigenvalue weighted by atomic mass is 19.1. The number of pyridine rings is 1. The third-order valence-electron chi connectivity index (χ3n) is 2.96. The fraction of sp³-hybridized carbons (Fsp3) is 0.143. The van der Waals surface area contributed by atoms with E-state index in [1.54, 1.807) is 22.9 Å². The van der Waals surface area contributed by atoms with Gasteiger partial charge in [-0.1, -0.05) is 0 Å². The van der Waals surface area contributed by atoms with Gasteiger partial charge in [0.05, 0.1) is 5.69 Å². The largest absolute Gasteiger partial charge is 0.330 e. The summed E-state index contributed by atoms with van der Waals surface area (Å²) in [7, 11) is 0. The quantitative estimate of drug-likeness (QED) is 0.796. The summed E-state index contributed by atoms with van der Waals surface area (Å²) in [5.41, 5.74) is 7.14. The van der Waals surface area contributed by atoms with Crippen molar-refractivity contribution in [1.29, 1.82) is 0 Å². The molecule has 1 aromatic carbocycles. The molecule has 0 atom stereocenters. The van der Waals surface area contributed by atoms with Crippen LogP contribution in [0.2, 0.25) is 0 Å². The van der Waals surface area contributed by atoms with Crippen molar-refractivity contribution in [2.24, 2.45) is 5.73 Å². The van der Waals surface area contributed by atoms with Gasteiger partial charge in [-0.25, -0.2) is 18.7 Å². The van der Waals surface area contributed by atoms with Gasteiger partial charge in [-0.05, 0) is 30.8 Å². The van der Waals surface area contributed by atoms with Gasteiger partial charge in [-0.3, -0.25) is 4.57 Å². The third kappa shape index (κ3) is 2.14. The first-order valence-corrected chi connectivity index (χ1v) is 6.18. The average Bonchev–Trinajstić information content (AvgIpc) is 2.76. The van der Waals surface area contributed by atoms with E-state index in [9.17, 15) is 8.78 Å². The van der Waals surface area contributed by atoms with Crippen molar-refractivity contribution >= 4 is 11.2 Å². The first kappa shape index (κ1) is 12.7. The molecule has 0 saturated carbocycles. The number of benzene rings is 1. The van der Waals surface area contributed by atoms with Crippen molar-refractivity contribution in [2.75, 3.05) is 6.54 Å². The van der Waals surface area contributed by atoms with Crippen molar-refractivity contribution in [2.45, 2.75) is 6.42 Å². The van der Waals surface area contributed by atoms with Crippen LogP contribution in [-0.2, 0) is 6.42 Å². The van der Waals surface area contributed by atoms with E-state index < -0.39 is 11.6 Å². The molecule has 0 aliphatic rings. The van der Waals surface area contributed by atoms with Crippen LogP contribution in [0, 0.1) is 11.6 Å². The van der Waals surface area contributed by atoms with Gasteiger partial charge in [0, 0.05) is 18.7 Å². The lowest BCUT2D eigenvalue weighted by molar-refractivity contribution is 0.581. The number of rotatable bonds is 3. The minimum atomic E-state index is -0.642. The van der Waals surface area contributed by atoms with Crippen molar-refractivity contribution in [3.05, 3.63) is 54.0 Å². The van der Waals surface area contributed by atoms with Gasteiger partial charge in [0.2, 0.25) is 0 Å². The van der Waals surface area contributed by atoms with Crippen LogP contribution >= 0.6 is 0 Å². The molecule has 0 unspecified atom stereocenters. The summed E-state index contributed by atoms with van der Waals surface area (Å²) in [6, 6.07) is 6.89. The minimum Gasteiger partial charge on any atom is -0.330 e.